The van der Waals surface area contributed by atoms with Crippen LogP contribution in [-0.2, 0) is 0 Å². The maximum Gasteiger partial charge on any atom is 1.00 e. The van der Waals surface area contributed by atoms with Crippen LogP contribution in [0.1, 0.15) is 13.2 Å². The Hall–Kier alpha value is 1.56. The summed E-state index contributed by atoms with van der Waals surface area (Å²) in [6, 6.07) is 3.89. The van der Waals surface area contributed by atoms with E-state index in [-0.39, 0.29) is 117 Å². The van der Waals surface area contributed by atoms with Crippen molar-refractivity contribution in [3.8, 4) is 5.75 Å². The van der Waals surface area contributed by atoms with Gasteiger partial charge in [-0.2, -0.15) is 0 Å². The van der Waals surface area contributed by atoms with Crippen LogP contribution in [0.3, 0.4) is 0 Å². The minimum absolute atomic E-state index is 0. The van der Waals surface area contributed by atoms with Gasteiger partial charge in [0.2, 0.25) is 0 Å². The zero-order chi connectivity index (χ0) is 8.43. The molecule has 1 aromatic rings. The average molecular weight is 233 g/mol. The summed E-state index contributed by atoms with van der Waals surface area (Å²) >= 11 is 0. The van der Waals surface area contributed by atoms with Gasteiger partial charge in [0.15, 0.2) is 0 Å². The van der Waals surface area contributed by atoms with Crippen LogP contribution in [0.15, 0.2) is 18.2 Å². The third-order valence-corrected chi connectivity index (χ3v) is 1.25. The second-order valence-electron chi connectivity index (χ2n) is 2.08. The molecular formula is C7H9K2NO3. The Labute approximate surface area is 164 Å². The number of carboxylic acids is 1. The SMILES string of the molecule is Nc1ccc(O)c(C(=O)O)c1.[H-].[H-].[K+].[K+]. The van der Waals surface area contributed by atoms with Gasteiger partial charge >= 0.3 is 109 Å². The van der Waals surface area contributed by atoms with Gasteiger partial charge in [-0.05, 0) is 18.2 Å². The second-order valence-corrected chi connectivity index (χ2v) is 2.08. The third kappa shape index (κ3) is 5.26. The van der Waals surface area contributed by atoms with Crippen molar-refractivity contribution in [3.05, 3.63) is 23.8 Å². The molecule has 6 heteroatoms. The molecule has 0 aliphatic carbocycles. The number of carboxylic acid groups (broad SMARTS) is 1. The van der Waals surface area contributed by atoms with Crippen LogP contribution >= 0.6 is 0 Å². The topological polar surface area (TPSA) is 83.5 Å². The molecule has 0 radical (unpaired) electrons. The number of aromatic carboxylic acids is 1. The molecule has 0 amide bonds. The Kier molecular flexibility index (Phi) is 10.2. The van der Waals surface area contributed by atoms with Crippen molar-refractivity contribution in [1.29, 1.82) is 0 Å². The maximum atomic E-state index is 10.4. The van der Waals surface area contributed by atoms with Crippen LogP contribution in [0.5, 0.6) is 5.75 Å². The zero-order valence-electron chi connectivity index (χ0n) is 9.61. The van der Waals surface area contributed by atoms with E-state index in [1.807, 2.05) is 0 Å². The molecule has 0 aliphatic heterocycles. The summed E-state index contributed by atoms with van der Waals surface area (Å²) in [7, 11) is 0. The maximum absolute atomic E-state index is 10.4. The van der Waals surface area contributed by atoms with E-state index in [1.54, 1.807) is 0 Å². The fraction of sp³-hybridized carbons (Fsp3) is 0. The number of hydrogen-bond acceptors (Lipinski definition) is 3. The molecule has 62 valence electrons. The van der Waals surface area contributed by atoms with Gasteiger partial charge in [-0.1, -0.05) is 0 Å². The first kappa shape index (κ1) is 17.0. The van der Waals surface area contributed by atoms with Gasteiger partial charge in [-0.3, -0.25) is 0 Å². The Bertz CT molecular complexity index is 312. The first-order chi connectivity index (χ1) is 5.11. The molecule has 0 unspecified atom stereocenters. The van der Waals surface area contributed by atoms with Gasteiger partial charge < -0.3 is 18.8 Å². The standard InChI is InChI=1S/C7H7NO3.2K.2H/c8-4-1-2-6(9)5(3-4)7(10)11;;;;/h1-3,9H,8H2,(H,10,11);;;;/q;2*+1;2*-1. The molecule has 0 saturated carbocycles. The van der Waals surface area contributed by atoms with E-state index in [0.29, 0.717) is 5.69 Å². The number of phenols is 1. The summed E-state index contributed by atoms with van der Waals surface area (Å²) in [6.07, 6.45) is 0. The van der Waals surface area contributed by atoms with Gasteiger partial charge in [0.25, 0.3) is 0 Å². The van der Waals surface area contributed by atoms with E-state index in [4.69, 9.17) is 15.9 Å². The minimum Gasteiger partial charge on any atom is -1.00 e. The third-order valence-electron chi connectivity index (χ3n) is 1.25. The van der Waals surface area contributed by atoms with Gasteiger partial charge in [0.1, 0.15) is 11.3 Å². The number of benzene rings is 1. The summed E-state index contributed by atoms with van der Waals surface area (Å²) in [6.45, 7) is 0. The van der Waals surface area contributed by atoms with Crippen molar-refractivity contribution in [3.63, 3.8) is 0 Å². The fourth-order valence-electron chi connectivity index (χ4n) is 0.725. The van der Waals surface area contributed by atoms with Crippen molar-refractivity contribution >= 4 is 11.7 Å². The Morgan fingerprint density at radius 2 is 1.92 bits per heavy atom. The van der Waals surface area contributed by atoms with E-state index >= 15 is 0 Å². The first-order valence-corrected chi connectivity index (χ1v) is 2.93. The second kappa shape index (κ2) is 7.80. The number of aromatic hydroxyl groups is 1. The minimum atomic E-state index is -1.19. The molecule has 0 aromatic heterocycles. The zero-order valence-corrected chi connectivity index (χ0v) is 13.9. The molecule has 0 aliphatic rings. The van der Waals surface area contributed by atoms with Gasteiger partial charge in [-0.25, -0.2) is 4.79 Å². The van der Waals surface area contributed by atoms with E-state index < -0.39 is 5.97 Å². The molecule has 1 rings (SSSR count). The summed E-state index contributed by atoms with van der Waals surface area (Å²) in [5.74, 6) is -1.46. The molecule has 1 aromatic carbocycles. The Morgan fingerprint density at radius 3 is 2.31 bits per heavy atom. The van der Waals surface area contributed by atoms with Gasteiger partial charge in [0, 0.05) is 5.69 Å². The van der Waals surface area contributed by atoms with Crippen LogP contribution < -0.4 is 109 Å². The van der Waals surface area contributed by atoms with Crippen LogP contribution in [0.25, 0.3) is 0 Å². The quantitative estimate of drug-likeness (QED) is 0.257. The van der Waals surface area contributed by atoms with Crippen molar-refractivity contribution < 1.29 is 121 Å². The summed E-state index contributed by atoms with van der Waals surface area (Å²) < 4.78 is 0. The molecule has 0 fully saturated rings. The first-order valence-electron chi connectivity index (χ1n) is 2.93. The van der Waals surface area contributed by atoms with Crippen molar-refractivity contribution in [2.24, 2.45) is 0 Å². The Morgan fingerprint density at radius 1 is 1.38 bits per heavy atom. The van der Waals surface area contributed by atoms with E-state index in [1.165, 1.54) is 18.2 Å². The number of anilines is 1. The van der Waals surface area contributed by atoms with Crippen molar-refractivity contribution in [2.45, 2.75) is 0 Å². The molecular weight excluding hydrogens is 224 g/mol. The van der Waals surface area contributed by atoms with Crippen LogP contribution in [0, 0.1) is 0 Å². The number of nitrogen functional groups attached to an aromatic ring is 1. The summed E-state index contributed by atoms with van der Waals surface area (Å²) in [5.41, 5.74) is 5.43. The number of nitrogens with two attached hydrogens (primary N) is 1. The smallest absolute Gasteiger partial charge is 1.00 e. The predicted molar refractivity (Wildman–Crippen MR) is 41.7 cm³/mol. The number of rotatable bonds is 1. The summed E-state index contributed by atoms with van der Waals surface area (Å²) in [5, 5.41) is 17.4. The van der Waals surface area contributed by atoms with E-state index in [9.17, 15) is 4.79 Å². The molecule has 4 N–H and O–H groups in total. The number of carbonyl (C=O) groups is 1. The molecule has 0 atom stereocenters. The molecule has 0 spiro atoms. The summed E-state index contributed by atoms with van der Waals surface area (Å²) in [4.78, 5) is 10.4. The van der Waals surface area contributed by atoms with Crippen LogP contribution in [0.4, 0.5) is 5.69 Å². The van der Waals surface area contributed by atoms with Crippen molar-refractivity contribution in [1.82, 2.24) is 0 Å². The normalized spacial score (nSPS) is 8.00. The monoisotopic (exact) mass is 233 g/mol. The molecule has 0 saturated heterocycles. The largest absolute Gasteiger partial charge is 1.00 e. The molecule has 13 heavy (non-hydrogen) atoms. The molecule has 0 heterocycles. The predicted octanol–water partition coefficient (Wildman–Crippen LogP) is -5.09. The van der Waals surface area contributed by atoms with E-state index in [2.05, 4.69) is 0 Å². The fourth-order valence-corrected chi connectivity index (χ4v) is 0.725. The van der Waals surface area contributed by atoms with E-state index in [0.717, 1.165) is 0 Å². The average Bonchev–Trinajstić information content (AvgIpc) is 1.94. The van der Waals surface area contributed by atoms with Crippen LogP contribution in [-0.4, -0.2) is 16.2 Å². The molecule has 0 bridgehead atoms. The number of hydrogen-bond donors (Lipinski definition) is 3. The van der Waals surface area contributed by atoms with Gasteiger partial charge in [0.05, 0.1) is 0 Å². The van der Waals surface area contributed by atoms with Gasteiger partial charge in [-0.15, -0.1) is 0 Å². The molecule has 4 nitrogen and oxygen atoms in total. The van der Waals surface area contributed by atoms with Crippen molar-refractivity contribution in [2.75, 3.05) is 5.73 Å². The Balaban J connectivity index is -0.000000151. The van der Waals surface area contributed by atoms with Crippen LogP contribution in [0.2, 0.25) is 0 Å².